The first-order valence-corrected chi connectivity index (χ1v) is 27.7. The van der Waals surface area contributed by atoms with Gasteiger partial charge in [0.2, 0.25) is 0 Å². The van der Waals surface area contributed by atoms with Gasteiger partial charge in [0.05, 0.1) is 52.9 Å². The number of phenolic OH excluding ortho intramolecular Hbond substituents is 1. The number of carbonyl (C=O) groups excluding carboxylic acids is 2. The highest BCUT2D eigenvalue weighted by Gasteiger charge is 2.44. The lowest BCUT2D eigenvalue weighted by atomic mass is 9.89. The van der Waals surface area contributed by atoms with Crippen LogP contribution >= 0.6 is 23.5 Å². The van der Waals surface area contributed by atoms with E-state index in [1.165, 1.54) is 96.6 Å². The molecule has 3 aromatic carbocycles. The number of benzene rings is 4. The number of nitrogens with two attached hydrogens (primary N) is 1. The van der Waals surface area contributed by atoms with Gasteiger partial charge in [0.15, 0.2) is 5.43 Å². The Labute approximate surface area is 449 Å². The SMILES string of the molecule is C=CCO[C@H]1C[C@H](n2cc(C#CCNC(=O)OC(C)c3cc(CNC(=O)c4ccc(C(=O)O)c(-c5c6ccc(=O)cc-6oc6cc(O)ccc56)c4)ccc3[N+](=O)[O-])c3c(N)ncnc32)O[C@@H]1COP(=O)(O)OP(=O)(O)OP(=O)(O)O. The summed E-state index contributed by atoms with van der Waals surface area (Å²) < 4.78 is 72.4. The molecule has 4 heterocycles. The maximum Gasteiger partial charge on any atom is 0.490 e. The van der Waals surface area contributed by atoms with Crippen molar-refractivity contribution in [2.75, 3.05) is 25.5 Å². The molecular formula is C48H44N7O22P3. The van der Waals surface area contributed by atoms with Crippen LogP contribution in [0.2, 0.25) is 0 Å². The van der Waals surface area contributed by atoms with Gasteiger partial charge in [-0.05, 0) is 66.6 Å². The molecule has 1 aliphatic carbocycles. The molecule has 418 valence electrons. The van der Waals surface area contributed by atoms with Crippen molar-refractivity contribution in [3.8, 4) is 40.0 Å². The average Bonchev–Trinajstić information content (AvgIpc) is 4.14. The van der Waals surface area contributed by atoms with Gasteiger partial charge in [-0.25, -0.2) is 33.3 Å². The average molecular weight is 1160 g/mol. The molecule has 10 N–H and O–H groups in total. The maximum absolute atomic E-state index is 13.7. The molecule has 2 aliphatic heterocycles. The zero-order valence-electron chi connectivity index (χ0n) is 41.1. The Hall–Kier alpha value is -8.19. The van der Waals surface area contributed by atoms with Gasteiger partial charge < -0.3 is 69.3 Å². The van der Waals surface area contributed by atoms with Crippen LogP contribution in [0.15, 0.2) is 107 Å². The number of phosphoric ester groups is 1. The Morgan fingerprint density at radius 2 is 1.77 bits per heavy atom. The fraction of sp³-hybridized carbons (Fsp3) is 0.208. The lowest BCUT2D eigenvalue weighted by molar-refractivity contribution is -0.386. The summed E-state index contributed by atoms with van der Waals surface area (Å²) in [4.78, 5) is 109. The second kappa shape index (κ2) is 23.6. The topological polar surface area (TPSA) is 433 Å². The molecule has 1 saturated heterocycles. The minimum Gasteiger partial charge on any atom is -0.508 e. The Balaban J connectivity index is 0.935. The Morgan fingerprint density at radius 1 is 1.00 bits per heavy atom. The summed E-state index contributed by atoms with van der Waals surface area (Å²) in [6.07, 6.45) is -1.28. The number of hydrogen-bond acceptors (Lipinski definition) is 20. The summed E-state index contributed by atoms with van der Waals surface area (Å²) in [5.41, 5.74) is 6.89. The third kappa shape index (κ3) is 13.6. The van der Waals surface area contributed by atoms with Crippen LogP contribution in [-0.4, -0.2) is 99.2 Å². The summed E-state index contributed by atoms with van der Waals surface area (Å²) in [7, 11) is -17.0. The van der Waals surface area contributed by atoms with E-state index in [4.69, 9.17) is 38.7 Å². The maximum atomic E-state index is 13.7. The molecule has 2 amide bonds. The van der Waals surface area contributed by atoms with Crippen molar-refractivity contribution < 1.29 is 94.6 Å². The van der Waals surface area contributed by atoms with E-state index in [1.807, 2.05) is 0 Å². The number of hydrogen-bond donors (Lipinski definition) is 9. The lowest BCUT2D eigenvalue weighted by Crippen LogP contribution is -2.29. The number of nitrogen functional groups attached to an aromatic ring is 1. The highest BCUT2D eigenvalue weighted by atomic mass is 31.3. The molecule has 1 fully saturated rings. The molecule has 8 rings (SSSR count). The quantitative estimate of drug-likeness (QED) is 0.0103. The smallest absolute Gasteiger partial charge is 0.490 e. The normalized spacial score (nSPS) is 17.2. The van der Waals surface area contributed by atoms with Gasteiger partial charge in [0.25, 0.3) is 11.6 Å². The van der Waals surface area contributed by atoms with Crippen molar-refractivity contribution in [3.63, 3.8) is 0 Å². The fourth-order valence-corrected chi connectivity index (χ4v) is 11.6. The van der Waals surface area contributed by atoms with Crippen LogP contribution in [0, 0.1) is 22.0 Å². The molecule has 80 heavy (non-hydrogen) atoms. The summed E-state index contributed by atoms with van der Waals surface area (Å²) in [5, 5.41) is 38.3. The van der Waals surface area contributed by atoms with Gasteiger partial charge in [-0.15, -0.1) is 6.58 Å². The monoisotopic (exact) mass is 1160 g/mol. The Kier molecular flexibility index (Phi) is 17.1. The number of nitro groups is 1. The number of phosphoric acid groups is 3. The zero-order chi connectivity index (χ0) is 57.8. The number of carboxylic acids is 1. The Morgan fingerprint density at radius 3 is 2.50 bits per heavy atom. The van der Waals surface area contributed by atoms with E-state index in [-0.39, 0.29) is 87.9 Å². The van der Waals surface area contributed by atoms with Gasteiger partial charge in [0.1, 0.15) is 53.3 Å². The molecule has 0 spiro atoms. The third-order valence-corrected chi connectivity index (χ3v) is 15.6. The van der Waals surface area contributed by atoms with Crippen LogP contribution in [0.25, 0.3) is 44.5 Å². The molecule has 29 nitrogen and oxygen atoms in total. The van der Waals surface area contributed by atoms with Crippen LogP contribution in [0.1, 0.15) is 63.1 Å². The molecule has 32 heteroatoms. The number of carboxylic acid groups (broad SMARTS) is 1. The van der Waals surface area contributed by atoms with Crippen molar-refractivity contribution >= 4 is 74.9 Å². The molecule has 0 saturated carbocycles. The molecule has 6 atom stereocenters. The summed E-state index contributed by atoms with van der Waals surface area (Å²) >= 11 is 0. The number of anilines is 1. The van der Waals surface area contributed by atoms with Crippen molar-refractivity contribution in [2.24, 2.45) is 0 Å². The fourth-order valence-electron chi connectivity index (χ4n) is 8.52. The number of aromatic carboxylic acids is 1. The van der Waals surface area contributed by atoms with Crippen LogP contribution in [0.3, 0.4) is 0 Å². The second-order valence-corrected chi connectivity index (χ2v) is 21.7. The van der Waals surface area contributed by atoms with E-state index in [9.17, 15) is 63.0 Å². The summed E-state index contributed by atoms with van der Waals surface area (Å²) in [6.45, 7) is 3.56. The number of alkyl carbamates (subject to hydrolysis) is 1. The number of nitrogens with zero attached hydrogens (tertiary/aromatic N) is 4. The van der Waals surface area contributed by atoms with Gasteiger partial charge in [-0.2, -0.15) is 8.62 Å². The minimum absolute atomic E-state index is 0.0139. The van der Waals surface area contributed by atoms with E-state index in [0.717, 1.165) is 6.33 Å². The van der Waals surface area contributed by atoms with Crippen molar-refractivity contribution in [1.82, 2.24) is 25.2 Å². The first kappa shape index (κ1) is 58.0. The van der Waals surface area contributed by atoms with Crippen molar-refractivity contribution in [1.29, 1.82) is 0 Å². The number of aromatic hydroxyl groups is 1. The molecule has 3 aliphatic rings. The van der Waals surface area contributed by atoms with E-state index >= 15 is 0 Å². The van der Waals surface area contributed by atoms with Crippen LogP contribution in [-0.2, 0) is 47.6 Å². The number of carbonyl (C=O) groups is 3. The number of fused-ring (bicyclic) bond motifs is 3. The van der Waals surface area contributed by atoms with E-state index < -0.39 is 88.6 Å². The predicted octanol–water partition coefficient (Wildman–Crippen LogP) is 6.17. The highest BCUT2D eigenvalue weighted by molar-refractivity contribution is 7.66. The zero-order valence-corrected chi connectivity index (χ0v) is 43.8. The minimum atomic E-state index is -5.81. The van der Waals surface area contributed by atoms with E-state index in [1.54, 1.807) is 0 Å². The first-order valence-electron chi connectivity index (χ1n) is 23.1. The molecule has 5 aromatic rings. The number of phenols is 1. The van der Waals surface area contributed by atoms with Gasteiger partial charge in [0, 0.05) is 59.4 Å². The van der Waals surface area contributed by atoms with Gasteiger partial charge >= 0.3 is 35.5 Å². The standard InChI is InChI=1S/C48H44N7O22P3/c1-3-15-71-39-20-41(75-40(39)23-72-79(67,68)77-80(69,70)76-78(64,65)66)54-22-28(42-44(49)52-24-53-45(42)54)5-4-14-50-48(61)73-25(2)34-16-26(6-13-36(34)55(62)63)21-51-46(58)27-7-10-31(47(59)60)35(17-27)43-32-11-8-29(56)18-37(32)74-38-19-30(57)9-12-33(38)43/h3,6-13,16-19,22,24-25,39-41,56H,1,14-15,20-21,23H2,2H3,(H,50,61)(H,51,58)(H,59,60)(H,67,68)(H,69,70)(H2,49,52,53)(H2,64,65,66)/t25?,39-,40+,41+/m0/s1. The highest BCUT2D eigenvalue weighted by Crippen LogP contribution is 2.66. The summed E-state index contributed by atoms with van der Waals surface area (Å²) in [5.74, 6) is 3.54. The van der Waals surface area contributed by atoms with Gasteiger partial charge in [-0.1, -0.05) is 24.0 Å². The number of amides is 2. The van der Waals surface area contributed by atoms with Crippen molar-refractivity contribution in [2.45, 2.75) is 44.4 Å². The van der Waals surface area contributed by atoms with Gasteiger partial charge in [-0.3, -0.25) is 24.2 Å². The van der Waals surface area contributed by atoms with Crippen LogP contribution in [0.5, 0.6) is 5.75 Å². The van der Waals surface area contributed by atoms with Crippen LogP contribution in [0.4, 0.5) is 16.3 Å². The third-order valence-electron chi connectivity index (χ3n) is 11.8. The largest absolute Gasteiger partial charge is 0.508 e. The number of rotatable bonds is 20. The van der Waals surface area contributed by atoms with E-state index in [0.29, 0.717) is 22.1 Å². The number of nitrogens with one attached hydrogen (secondary N) is 2. The Bertz CT molecular complexity index is 3870. The predicted molar refractivity (Wildman–Crippen MR) is 277 cm³/mol. The molecule has 3 unspecified atom stereocenters. The van der Waals surface area contributed by atoms with E-state index in [2.05, 4.69) is 47.6 Å². The first-order chi connectivity index (χ1) is 37.8. The lowest BCUT2D eigenvalue weighted by Gasteiger charge is -2.21. The number of ether oxygens (including phenoxy) is 3. The second-order valence-electron chi connectivity index (χ2n) is 17.2. The number of nitro benzene ring substituents is 1. The van der Waals surface area contributed by atoms with Crippen LogP contribution < -0.4 is 21.8 Å². The summed E-state index contributed by atoms with van der Waals surface area (Å²) in [6, 6.07) is 15.9. The molecular weight excluding hydrogens is 1120 g/mol. The molecule has 0 bridgehead atoms. The van der Waals surface area contributed by atoms with Crippen molar-refractivity contribution in [3.05, 3.63) is 146 Å². The molecule has 0 radical (unpaired) electrons. The number of aromatic nitrogens is 3. The molecule has 2 aromatic heterocycles.